The molecule has 3 aromatic rings. The Bertz CT molecular complexity index is 908. The fraction of sp³-hybridized carbons (Fsp3) is 0.263. The first kappa shape index (κ1) is 16.9. The smallest absolute Gasteiger partial charge is 0.289 e. The van der Waals surface area contributed by atoms with Crippen LogP contribution < -0.4 is 4.90 Å². The van der Waals surface area contributed by atoms with Gasteiger partial charge >= 0.3 is 0 Å². The minimum Gasteiger partial charge on any atom is -0.444 e. The topological polar surface area (TPSA) is 54.5 Å². The predicted octanol–water partition coefficient (Wildman–Crippen LogP) is 3.50. The Balaban J connectivity index is 1.46. The largest absolute Gasteiger partial charge is 0.444 e. The second-order valence-electron chi connectivity index (χ2n) is 6.32. The predicted molar refractivity (Wildman–Crippen MR) is 103 cm³/mol. The van der Waals surface area contributed by atoms with E-state index in [4.69, 9.17) is 4.42 Å². The van der Waals surface area contributed by atoms with Crippen LogP contribution in [0, 0.1) is 6.92 Å². The molecule has 1 aliphatic heterocycles. The van der Waals surface area contributed by atoms with Gasteiger partial charge in [0.25, 0.3) is 5.91 Å². The first-order valence-corrected chi connectivity index (χ1v) is 9.31. The second kappa shape index (κ2) is 6.99. The first-order chi connectivity index (χ1) is 12.6. The SMILES string of the molecule is Cc1ccc(-n2ccnc2N2CCN(C(=O)c3ccc(Br)o3)CC2)cc1. The van der Waals surface area contributed by atoms with Crippen LogP contribution in [0.5, 0.6) is 0 Å². The third-order valence-electron chi connectivity index (χ3n) is 4.57. The van der Waals surface area contributed by atoms with Gasteiger partial charge in [-0.2, -0.15) is 0 Å². The fourth-order valence-electron chi connectivity index (χ4n) is 3.13. The van der Waals surface area contributed by atoms with E-state index in [0.29, 0.717) is 23.5 Å². The third-order valence-corrected chi connectivity index (χ3v) is 4.99. The van der Waals surface area contributed by atoms with Gasteiger partial charge < -0.3 is 14.2 Å². The standard InChI is InChI=1S/C19H19BrN4O2/c1-14-2-4-15(5-3-14)24-9-8-21-19(24)23-12-10-22(11-13-23)18(25)16-6-7-17(20)26-16/h2-9H,10-13H2,1H3. The summed E-state index contributed by atoms with van der Waals surface area (Å²) >= 11 is 3.24. The molecule has 26 heavy (non-hydrogen) atoms. The van der Waals surface area contributed by atoms with E-state index in [2.05, 4.69) is 61.6 Å². The van der Waals surface area contributed by atoms with Gasteiger partial charge in [0.05, 0.1) is 0 Å². The van der Waals surface area contributed by atoms with E-state index >= 15 is 0 Å². The van der Waals surface area contributed by atoms with Gasteiger partial charge in [0.2, 0.25) is 5.95 Å². The van der Waals surface area contributed by atoms with Crippen molar-refractivity contribution in [3.63, 3.8) is 0 Å². The molecule has 0 spiro atoms. The highest BCUT2D eigenvalue weighted by molar-refractivity contribution is 9.10. The van der Waals surface area contributed by atoms with E-state index in [9.17, 15) is 4.79 Å². The summed E-state index contributed by atoms with van der Waals surface area (Å²) in [6.45, 7) is 4.81. The zero-order valence-electron chi connectivity index (χ0n) is 14.4. The van der Waals surface area contributed by atoms with Gasteiger partial charge in [0.1, 0.15) is 0 Å². The number of halogens is 1. The number of hydrogen-bond donors (Lipinski definition) is 0. The van der Waals surface area contributed by atoms with Crippen LogP contribution in [0.15, 0.2) is 57.9 Å². The molecule has 0 saturated carbocycles. The number of anilines is 1. The van der Waals surface area contributed by atoms with Crippen LogP contribution in [0.1, 0.15) is 16.1 Å². The summed E-state index contributed by atoms with van der Waals surface area (Å²) in [6, 6.07) is 11.8. The highest BCUT2D eigenvalue weighted by Gasteiger charge is 2.26. The van der Waals surface area contributed by atoms with Crippen molar-refractivity contribution < 1.29 is 9.21 Å². The number of imidazole rings is 1. The molecule has 2 aromatic heterocycles. The number of rotatable bonds is 3. The molecular weight excluding hydrogens is 396 g/mol. The van der Waals surface area contributed by atoms with Gasteiger partial charge in [0, 0.05) is 44.3 Å². The van der Waals surface area contributed by atoms with Gasteiger partial charge in [-0.25, -0.2) is 4.98 Å². The van der Waals surface area contributed by atoms with E-state index in [-0.39, 0.29) is 5.91 Å². The molecule has 1 amide bonds. The number of benzene rings is 1. The van der Waals surface area contributed by atoms with Gasteiger partial charge in [-0.1, -0.05) is 17.7 Å². The van der Waals surface area contributed by atoms with Crippen molar-refractivity contribution in [2.75, 3.05) is 31.1 Å². The Morgan fingerprint density at radius 3 is 2.46 bits per heavy atom. The highest BCUT2D eigenvalue weighted by Crippen LogP contribution is 2.21. The average molecular weight is 415 g/mol. The minimum absolute atomic E-state index is 0.0720. The summed E-state index contributed by atoms with van der Waals surface area (Å²) < 4.78 is 8.03. The number of furan rings is 1. The summed E-state index contributed by atoms with van der Waals surface area (Å²) in [6.07, 6.45) is 3.78. The summed E-state index contributed by atoms with van der Waals surface area (Å²) in [4.78, 5) is 21.1. The fourth-order valence-corrected chi connectivity index (χ4v) is 3.44. The lowest BCUT2D eigenvalue weighted by atomic mass is 10.2. The molecule has 134 valence electrons. The number of hydrogen-bond acceptors (Lipinski definition) is 4. The zero-order valence-corrected chi connectivity index (χ0v) is 16.0. The second-order valence-corrected chi connectivity index (χ2v) is 7.10. The van der Waals surface area contributed by atoms with E-state index in [0.717, 1.165) is 24.7 Å². The Hall–Kier alpha value is -2.54. The van der Waals surface area contributed by atoms with Crippen LogP contribution in [0.3, 0.4) is 0 Å². The average Bonchev–Trinajstić information content (AvgIpc) is 3.31. The summed E-state index contributed by atoms with van der Waals surface area (Å²) in [5, 5.41) is 0. The van der Waals surface area contributed by atoms with Crippen molar-refractivity contribution >= 4 is 27.8 Å². The maximum atomic E-state index is 12.5. The number of carbonyl (C=O) groups excluding carboxylic acids is 1. The summed E-state index contributed by atoms with van der Waals surface area (Å²) in [5.74, 6) is 1.20. The van der Waals surface area contributed by atoms with E-state index in [1.54, 1.807) is 12.1 Å². The molecule has 0 radical (unpaired) electrons. The molecule has 0 unspecified atom stereocenters. The van der Waals surface area contributed by atoms with Crippen LogP contribution in [0.25, 0.3) is 5.69 Å². The number of piperazine rings is 1. The van der Waals surface area contributed by atoms with Crippen LogP contribution in [-0.4, -0.2) is 46.5 Å². The molecule has 3 heterocycles. The molecular formula is C19H19BrN4O2. The van der Waals surface area contributed by atoms with Gasteiger partial charge in [-0.3, -0.25) is 9.36 Å². The Labute approximate surface area is 160 Å². The molecule has 6 nitrogen and oxygen atoms in total. The lowest BCUT2D eigenvalue weighted by Gasteiger charge is -2.35. The lowest BCUT2D eigenvalue weighted by molar-refractivity contribution is 0.0712. The maximum absolute atomic E-state index is 12.5. The molecule has 0 aliphatic carbocycles. The van der Waals surface area contributed by atoms with Gasteiger partial charge in [0.15, 0.2) is 10.4 Å². The van der Waals surface area contributed by atoms with Crippen LogP contribution in [0.4, 0.5) is 5.95 Å². The minimum atomic E-state index is -0.0720. The van der Waals surface area contributed by atoms with Crippen molar-refractivity contribution in [3.8, 4) is 5.69 Å². The number of carbonyl (C=O) groups is 1. The molecule has 0 bridgehead atoms. The Morgan fingerprint density at radius 2 is 1.81 bits per heavy atom. The third kappa shape index (κ3) is 3.26. The number of amides is 1. The molecule has 1 fully saturated rings. The first-order valence-electron chi connectivity index (χ1n) is 8.52. The molecule has 0 atom stereocenters. The molecule has 4 rings (SSSR count). The highest BCUT2D eigenvalue weighted by atomic mass is 79.9. The Morgan fingerprint density at radius 1 is 1.08 bits per heavy atom. The number of nitrogens with zero attached hydrogens (tertiary/aromatic N) is 4. The summed E-state index contributed by atoms with van der Waals surface area (Å²) in [5.41, 5.74) is 2.31. The maximum Gasteiger partial charge on any atom is 0.289 e. The molecule has 1 saturated heterocycles. The van der Waals surface area contributed by atoms with Crippen LogP contribution in [-0.2, 0) is 0 Å². The zero-order chi connectivity index (χ0) is 18.1. The number of aromatic nitrogens is 2. The van der Waals surface area contributed by atoms with Crippen molar-refractivity contribution in [3.05, 3.63) is 64.8 Å². The van der Waals surface area contributed by atoms with Crippen molar-refractivity contribution in [2.45, 2.75) is 6.92 Å². The normalized spacial score (nSPS) is 14.7. The quantitative estimate of drug-likeness (QED) is 0.657. The van der Waals surface area contributed by atoms with E-state index in [1.165, 1.54) is 5.56 Å². The molecule has 1 aliphatic rings. The molecule has 1 aromatic carbocycles. The monoisotopic (exact) mass is 414 g/mol. The van der Waals surface area contributed by atoms with Crippen molar-refractivity contribution in [1.82, 2.24) is 14.5 Å². The molecule has 7 heteroatoms. The summed E-state index contributed by atoms with van der Waals surface area (Å²) in [7, 11) is 0. The van der Waals surface area contributed by atoms with Crippen molar-refractivity contribution in [1.29, 1.82) is 0 Å². The Kier molecular flexibility index (Phi) is 4.55. The van der Waals surface area contributed by atoms with Gasteiger partial charge in [-0.15, -0.1) is 0 Å². The van der Waals surface area contributed by atoms with Crippen LogP contribution in [0.2, 0.25) is 0 Å². The lowest BCUT2D eigenvalue weighted by Crippen LogP contribution is -2.49. The van der Waals surface area contributed by atoms with Crippen molar-refractivity contribution in [2.24, 2.45) is 0 Å². The van der Waals surface area contributed by atoms with E-state index < -0.39 is 0 Å². The molecule has 0 N–H and O–H groups in total. The van der Waals surface area contributed by atoms with Gasteiger partial charge in [-0.05, 0) is 47.1 Å². The number of aryl methyl sites for hydroxylation is 1. The van der Waals surface area contributed by atoms with E-state index in [1.807, 2.05) is 17.3 Å². The van der Waals surface area contributed by atoms with Crippen LogP contribution >= 0.6 is 15.9 Å².